The minimum Gasteiger partial charge on any atom is -0.462 e. The fraction of sp³-hybridized carbons (Fsp3) is 0.867. The van der Waals surface area contributed by atoms with Gasteiger partial charge >= 0.3 is 5.97 Å². The summed E-state index contributed by atoms with van der Waals surface area (Å²) in [7, 11) is 0. The van der Waals surface area contributed by atoms with Crippen LogP contribution in [0, 0.1) is 34.0 Å². The lowest BCUT2D eigenvalue weighted by Crippen LogP contribution is -2.51. The lowest BCUT2D eigenvalue weighted by atomic mass is 9.47. The molecule has 0 spiro atoms. The summed E-state index contributed by atoms with van der Waals surface area (Å²) in [5.41, 5.74) is 1.81. The standard InChI is InChI=1S/C30H48O3/c1-6-7-8-9-16-28(2,3)20-27(32)33-26-13-12-24-23-11-10-21-19-22(31)14-17-29(21,4)25(23)15-18-30(24,26)5/h19,23-26H,6-18,20H2,1-5H3/t23-,24-,25-,26-,29-,30-/m0/s1. The average molecular weight is 457 g/mol. The third-order valence-corrected chi connectivity index (χ3v) is 10.5. The molecule has 6 atom stereocenters. The maximum absolute atomic E-state index is 13.0. The van der Waals surface area contributed by atoms with Crippen molar-refractivity contribution in [2.75, 3.05) is 0 Å². The Hall–Kier alpha value is -1.12. The van der Waals surface area contributed by atoms with Gasteiger partial charge in [0, 0.05) is 11.8 Å². The number of fused-ring (bicyclic) bond motifs is 5. The molecule has 4 rings (SSSR count). The number of esters is 1. The molecular weight excluding hydrogens is 408 g/mol. The molecule has 0 aromatic carbocycles. The number of ketones is 1. The number of hydrogen-bond acceptors (Lipinski definition) is 3. The highest BCUT2D eigenvalue weighted by Crippen LogP contribution is 2.65. The van der Waals surface area contributed by atoms with Crippen molar-refractivity contribution < 1.29 is 14.3 Å². The van der Waals surface area contributed by atoms with Crippen LogP contribution in [0.15, 0.2) is 11.6 Å². The summed E-state index contributed by atoms with van der Waals surface area (Å²) in [4.78, 5) is 25.1. The van der Waals surface area contributed by atoms with Crippen LogP contribution < -0.4 is 0 Å². The van der Waals surface area contributed by atoms with E-state index in [0.29, 0.717) is 24.0 Å². The Labute approximate surface area is 202 Å². The average Bonchev–Trinajstić information content (AvgIpc) is 3.07. The molecule has 3 saturated carbocycles. The lowest BCUT2D eigenvalue weighted by molar-refractivity contribution is -0.162. The molecule has 0 aliphatic heterocycles. The third kappa shape index (κ3) is 4.85. The molecule has 4 aliphatic carbocycles. The zero-order valence-corrected chi connectivity index (χ0v) is 22.0. The first-order valence-electron chi connectivity index (χ1n) is 14.0. The molecule has 0 aromatic heterocycles. The minimum atomic E-state index is 0.0242. The number of carbonyl (C=O) groups is 2. The van der Waals surface area contributed by atoms with Gasteiger partial charge in [-0.25, -0.2) is 0 Å². The first-order valence-corrected chi connectivity index (χ1v) is 14.0. The van der Waals surface area contributed by atoms with E-state index in [1.54, 1.807) is 0 Å². The Kier molecular flexibility index (Phi) is 7.19. The van der Waals surface area contributed by atoms with Crippen LogP contribution in [0.3, 0.4) is 0 Å². The van der Waals surface area contributed by atoms with E-state index in [9.17, 15) is 9.59 Å². The third-order valence-electron chi connectivity index (χ3n) is 10.5. The Morgan fingerprint density at radius 2 is 1.82 bits per heavy atom. The maximum Gasteiger partial charge on any atom is 0.306 e. The molecule has 0 amide bonds. The fourth-order valence-electron chi connectivity index (χ4n) is 8.41. The highest BCUT2D eigenvalue weighted by molar-refractivity contribution is 5.91. The zero-order chi connectivity index (χ0) is 23.9. The molecule has 0 aromatic rings. The summed E-state index contributed by atoms with van der Waals surface area (Å²) < 4.78 is 6.28. The molecule has 33 heavy (non-hydrogen) atoms. The minimum absolute atomic E-state index is 0.0242. The lowest BCUT2D eigenvalue weighted by Gasteiger charge is -2.57. The van der Waals surface area contributed by atoms with Crippen LogP contribution in [-0.4, -0.2) is 17.9 Å². The molecule has 0 N–H and O–H groups in total. The van der Waals surface area contributed by atoms with Crippen LogP contribution >= 0.6 is 0 Å². The van der Waals surface area contributed by atoms with Crippen molar-refractivity contribution in [2.45, 2.75) is 131 Å². The summed E-state index contributed by atoms with van der Waals surface area (Å²) in [6.07, 6.45) is 17.4. The number of hydrogen-bond donors (Lipinski definition) is 0. The van der Waals surface area contributed by atoms with Crippen molar-refractivity contribution >= 4 is 11.8 Å². The van der Waals surface area contributed by atoms with Crippen LogP contribution in [0.5, 0.6) is 0 Å². The predicted molar refractivity (Wildman–Crippen MR) is 134 cm³/mol. The summed E-state index contributed by atoms with van der Waals surface area (Å²) >= 11 is 0. The Bertz CT molecular complexity index is 779. The van der Waals surface area contributed by atoms with Crippen molar-refractivity contribution in [3.8, 4) is 0 Å². The molecule has 0 bridgehead atoms. The molecule has 0 unspecified atom stereocenters. The molecule has 0 saturated heterocycles. The van der Waals surface area contributed by atoms with Crippen LogP contribution in [0.1, 0.15) is 125 Å². The van der Waals surface area contributed by atoms with Crippen molar-refractivity contribution in [3.63, 3.8) is 0 Å². The number of carbonyl (C=O) groups excluding carboxylic acids is 2. The van der Waals surface area contributed by atoms with Gasteiger partial charge in [-0.15, -0.1) is 0 Å². The second-order valence-corrected chi connectivity index (χ2v) is 13.2. The van der Waals surface area contributed by atoms with Crippen LogP contribution in [0.2, 0.25) is 0 Å². The van der Waals surface area contributed by atoms with Crippen molar-refractivity contribution in [1.29, 1.82) is 0 Å². The van der Waals surface area contributed by atoms with Gasteiger partial charge in [-0.1, -0.05) is 65.9 Å². The Balaban J connectivity index is 1.38. The number of ether oxygens (including phenoxy) is 1. The SMILES string of the molecule is CCCCCCC(C)(C)CC(=O)O[C@H]1CC[C@H]2[C@@H]3CCC4=CC(=O)CC[C@]4(C)[C@H]3CC[C@]12C. The molecule has 4 aliphatic rings. The molecule has 0 radical (unpaired) electrons. The summed E-state index contributed by atoms with van der Waals surface area (Å²) in [5, 5.41) is 0. The second-order valence-electron chi connectivity index (χ2n) is 13.2. The first-order chi connectivity index (χ1) is 15.6. The van der Waals surface area contributed by atoms with Crippen LogP contribution in [-0.2, 0) is 14.3 Å². The number of rotatable bonds is 8. The van der Waals surface area contributed by atoms with Crippen molar-refractivity contribution in [3.05, 3.63) is 11.6 Å². The van der Waals surface area contributed by atoms with E-state index in [1.165, 1.54) is 50.5 Å². The van der Waals surface area contributed by atoms with Gasteiger partial charge in [0.1, 0.15) is 6.10 Å². The molecule has 3 nitrogen and oxygen atoms in total. The largest absolute Gasteiger partial charge is 0.462 e. The summed E-state index contributed by atoms with van der Waals surface area (Å²) in [6.45, 7) is 11.6. The smallest absolute Gasteiger partial charge is 0.306 e. The number of allylic oxidation sites excluding steroid dienone is 1. The van der Waals surface area contributed by atoms with Gasteiger partial charge in [0.15, 0.2) is 5.78 Å². The van der Waals surface area contributed by atoms with E-state index < -0.39 is 0 Å². The predicted octanol–water partition coefficient (Wildman–Crippen LogP) is 7.82. The second kappa shape index (κ2) is 9.50. The van der Waals surface area contributed by atoms with E-state index in [-0.39, 0.29) is 28.3 Å². The van der Waals surface area contributed by atoms with Crippen LogP contribution in [0.25, 0.3) is 0 Å². The number of unbranched alkanes of at least 4 members (excludes halogenated alkanes) is 3. The molecular formula is C30H48O3. The van der Waals surface area contributed by atoms with E-state index in [0.717, 1.165) is 44.4 Å². The van der Waals surface area contributed by atoms with Crippen molar-refractivity contribution in [1.82, 2.24) is 0 Å². The Morgan fingerprint density at radius 3 is 2.58 bits per heavy atom. The van der Waals surface area contributed by atoms with Gasteiger partial charge in [0.05, 0.1) is 6.42 Å². The van der Waals surface area contributed by atoms with E-state index >= 15 is 0 Å². The molecule has 186 valence electrons. The maximum atomic E-state index is 13.0. The highest BCUT2D eigenvalue weighted by Gasteiger charge is 2.60. The zero-order valence-electron chi connectivity index (χ0n) is 22.0. The van der Waals surface area contributed by atoms with Gasteiger partial charge in [-0.2, -0.15) is 0 Å². The Morgan fingerprint density at radius 1 is 1.03 bits per heavy atom. The van der Waals surface area contributed by atoms with Gasteiger partial charge in [-0.3, -0.25) is 9.59 Å². The highest BCUT2D eigenvalue weighted by atomic mass is 16.5. The van der Waals surface area contributed by atoms with E-state index in [2.05, 4.69) is 34.6 Å². The molecule has 3 heteroatoms. The monoisotopic (exact) mass is 456 g/mol. The fourth-order valence-corrected chi connectivity index (χ4v) is 8.41. The summed E-state index contributed by atoms with van der Waals surface area (Å²) in [5.74, 6) is 2.43. The van der Waals surface area contributed by atoms with Crippen LogP contribution in [0.4, 0.5) is 0 Å². The summed E-state index contributed by atoms with van der Waals surface area (Å²) in [6, 6.07) is 0. The van der Waals surface area contributed by atoms with Gasteiger partial charge in [0.2, 0.25) is 0 Å². The van der Waals surface area contributed by atoms with Gasteiger partial charge in [0.25, 0.3) is 0 Å². The van der Waals surface area contributed by atoms with Gasteiger partial charge in [-0.05, 0) is 86.0 Å². The quantitative estimate of drug-likeness (QED) is 0.276. The van der Waals surface area contributed by atoms with E-state index in [1.807, 2.05) is 6.08 Å². The molecule has 3 fully saturated rings. The topological polar surface area (TPSA) is 43.4 Å². The van der Waals surface area contributed by atoms with Gasteiger partial charge < -0.3 is 4.74 Å². The molecule has 0 heterocycles. The first kappa shape index (κ1) is 25.0. The normalized spacial score (nSPS) is 38.2. The van der Waals surface area contributed by atoms with E-state index in [4.69, 9.17) is 4.74 Å². The van der Waals surface area contributed by atoms with Crippen molar-refractivity contribution in [2.24, 2.45) is 34.0 Å².